The summed E-state index contributed by atoms with van der Waals surface area (Å²) < 4.78 is 14.7. The standard InChI is InChI=1S/C19H30N4O2S/c1-14(2)19(24)13-17(16(4)23(18(19)21)11-7-8-20)12-15(3)26(25)22-9-5-6-10-22/h12,14,21,24H,5-7,9-11,13H2,1-4H3. The Balaban J connectivity index is 2.38. The van der Waals surface area contributed by atoms with Crippen LogP contribution in [0.3, 0.4) is 0 Å². The number of nitrogens with one attached hydrogen (secondary N) is 1. The molecule has 26 heavy (non-hydrogen) atoms. The summed E-state index contributed by atoms with van der Waals surface area (Å²) in [5, 5.41) is 28.5. The Morgan fingerprint density at radius 2 is 2.08 bits per heavy atom. The SMILES string of the molecule is CC(=CC1=C(C)N(CCC#N)C(=N)C(O)(C(C)C)C1)S(=O)N1CCCC1. The maximum absolute atomic E-state index is 12.7. The Kier molecular flexibility index (Phi) is 6.78. The van der Waals surface area contributed by atoms with Crippen LogP contribution in [0.2, 0.25) is 0 Å². The average Bonchev–Trinajstić information content (AvgIpc) is 3.13. The van der Waals surface area contributed by atoms with Crippen LogP contribution in [0.4, 0.5) is 0 Å². The van der Waals surface area contributed by atoms with Crippen molar-refractivity contribution < 1.29 is 9.32 Å². The highest BCUT2D eigenvalue weighted by atomic mass is 32.2. The summed E-state index contributed by atoms with van der Waals surface area (Å²) in [6, 6.07) is 2.11. The van der Waals surface area contributed by atoms with Gasteiger partial charge < -0.3 is 10.0 Å². The van der Waals surface area contributed by atoms with Crippen molar-refractivity contribution in [3.8, 4) is 6.07 Å². The van der Waals surface area contributed by atoms with Crippen molar-refractivity contribution in [3.05, 3.63) is 22.3 Å². The second-order valence-electron chi connectivity index (χ2n) is 7.42. The van der Waals surface area contributed by atoms with Crippen molar-refractivity contribution >= 4 is 16.8 Å². The zero-order valence-corrected chi connectivity index (χ0v) is 17.0. The highest BCUT2D eigenvalue weighted by Gasteiger charge is 2.43. The molecule has 0 bridgehead atoms. The molecule has 2 aliphatic heterocycles. The molecule has 1 fully saturated rings. The van der Waals surface area contributed by atoms with E-state index in [1.165, 1.54) is 0 Å². The maximum Gasteiger partial charge on any atom is 0.133 e. The van der Waals surface area contributed by atoms with Gasteiger partial charge in [0.1, 0.15) is 22.4 Å². The third-order valence-electron chi connectivity index (χ3n) is 5.36. The third-order valence-corrected chi connectivity index (χ3v) is 6.87. The van der Waals surface area contributed by atoms with Crippen LogP contribution in [-0.2, 0) is 11.0 Å². The van der Waals surface area contributed by atoms with Gasteiger partial charge in [0.25, 0.3) is 0 Å². The molecule has 1 saturated heterocycles. The number of allylic oxidation sites excluding steroid dienone is 3. The fraction of sp³-hybridized carbons (Fsp3) is 0.684. The molecule has 6 nitrogen and oxygen atoms in total. The van der Waals surface area contributed by atoms with E-state index in [9.17, 15) is 9.32 Å². The van der Waals surface area contributed by atoms with Gasteiger partial charge >= 0.3 is 0 Å². The molecule has 0 aromatic heterocycles. The van der Waals surface area contributed by atoms with Crippen LogP contribution in [0.25, 0.3) is 0 Å². The molecule has 0 aromatic carbocycles. The molecule has 0 amide bonds. The first-order valence-corrected chi connectivity index (χ1v) is 10.3. The molecule has 2 heterocycles. The summed E-state index contributed by atoms with van der Waals surface area (Å²) in [6.45, 7) is 9.64. The summed E-state index contributed by atoms with van der Waals surface area (Å²) in [4.78, 5) is 2.49. The molecule has 0 aromatic rings. The highest BCUT2D eigenvalue weighted by Crippen LogP contribution is 2.37. The lowest BCUT2D eigenvalue weighted by molar-refractivity contribution is 0.0467. The molecule has 2 rings (SSSR count). The summed E-state index contributed by atoms with van der Waals surface area (Å²) in [5.41, 5.74) is 0.462. The fourth-order valence-corrected chi connectivity index (χ4v) is 4.74. The van der Waals surface area contributed by atoms with E-state index in [2.05, 4.69) is 6.07 Å². The van der Waals surface area contributed by atoms with Crippen molar-refractivity contribution in [2.24, 2.45) is 5.92 Å². The van der Waals surface area contributed by atoms with E-state index < -0.39 is 16.6 Å². The Bertz CT molecular complexity index is 686. The molecule has 2 atom stereocenters. The zero-order valence-electron chi connectivity index (χ0n) is 16.2. The van der Waals surface area contributed by atoms with Gasteiger partial charge in [0.05, 0.1) is 12.5 Å². The normalized spacial score (nSPS) is 26.6. The van der Waals surface area contributed by atoms with Gasteiger partial charge in [-0.2, -0.15) is 5.26 Å². The van der Waals surface area contributed by atoms with Crippen molar-refractivity contribution in [3.63, 3.8) is 0 Å². The Labute approximate surface area is 159 Å². The molecular formula is C19H30N4O2S. The third kappa shape index (κ3) is 4.08. The maximum atomic E-state index is 12.7. The monoisotopic (exact) mass is 378 g/mol. The number of aliphatic hydroxyl groups is 1. The Hall–Kier alpha value is -1.49. The highest BCUT2D eigenvalue weighted by molar-refractivity contribution is 7.86. The van der Waals surface area contributed by atoms with Gasteiger partial charge in [-0.05, 0) is 44.3 Å². The lowest BCUT2D eigenvalue weighted by atomic mass is 9.79. The van der Waals surface area contributed by atoms with Crippen molar-refractivity contribution in [1.82, 2.24) is 9.21 Å². The predicted octanol–water partition coefficient (Wildman–Crippen LogP) is 2.91. The largest absolute Gasteiger partial charge is 0.381 e. The van der Waals surface area contributed by atoms with E-state index in [4.69, 9.17) is 10.7 Å². The molecule has 2 aliphatic rings. The molecular weight excluding hydrogens is 348 g/mol. The van der Waals surface area contributed by atoms with E-state index in [0.717, 1.165) is 42.1 Å². The van der Waals surface area contributed by atoms with E-state index in [-0.39, 0.29) is 18.2 Å². The second-order valence-corrected chi connectivity index (χ2v) is 9.07. The minimum Gasteiger partial charge on any atom is -0.381 e. The van der Waals surface area contributed by atoms with Crippen LogP contribution in [0, 0.1) is 22.7 Å². The van der Waals surface area contributed by atoms with Gasteiger partial charge in [-0.1, -0.05) is 13.8 Å². The smallest absolute Gasteiger partial charge is 0.133 e. The van der Waals surface area contributed by atoms with E-state index in [0.29, 0.717) is 13.0 Å². The predicted molar refractivity (Wildman–Crippen MR) is 104 cm³/mol. The van der Waals surface area contributed by atoms with Crippen LogP contribution >= 0.6 is 0 Å². The molecule has 0 aliphatic carbocycles. The number of nitrogens with zero attached hydrogens (tertiary/aromatic N) is 3. The number of nitriles is 1. The quantitative estimate of drug-likeness (QED) is 0.743. The number of amidine groups is 1. The van der Waals surface area contributed by atoms with Gasteiger partial charge in [0.2, 0.25) is 0 Å². The zero-order chi connectivity index (χ0) is 19.5. The summed E-state index contributed by atoms with van der Waals surface area (Å²) in [7, 11) is -1.16. The molecule has 2 N–H and O–H groups in total. The average molecular weight is 379 g/mol. The minimum absolute atomic E-state index is 0.138. The van der Waals surface area contributed by atoms with Gasteiger partial charge in [0.15, 0.2) is 0 Å². The number of hydrogen-bond acceptors (Lipinski definition) is 4. The Morgan fingerprint density at radius 1 is 1.46 bits per heavy atom. The van der Waals surface area contributed by atoms with Crippen LogP contribution < -0.4 is 0 Å². The van der Waals surface area contributed by atoms with Crippen molar-refractivity contribution in [2.45, 2.75) is 59.0 Å². The molecule has 0 saturated carbocycles. The first kappa shape index (κ1) is 20.8. The number of hydrogen-bond donors (Lipinski definition) is 2. The van der Waals surface area contributed by atoms with E-state index >= 15 is 0 Å². The first-order chi connectivity index (χ1) is 12.2. The fourth-order valence-electron chi connectivity index (χ4n) is 3.50. The molecule has 7 heteroatoms. The Morgan fingerprint density at radius 3 is 2.62 bits per heavy atom. The van der Waals surface area contributed by atoms with Crippen LogP contribution in [0.1, 0.15) is 53.4 Å². The minimum atomic E-state index is -1.28. The topological polar surface area (TPSA) is 91.4 Å². The van der Waals surface area contributed by atoms with Crippen molar-refractivity contribution in [2.75, 3.05) is 19.6 Å². The summed E-state index contributed by atoms with van der Waals surface area (Å²) >= 11 is 0. The van der Waals surface area contributed by atoms with E-state index in [1.54, 1.807) is 4.90 Å². The van der Waals surface area contributed by atoms with Gasteiger partial charge in [0, 0.05) is 36.7 Å². The van der Waals surface area contributed by atoms with Gasteiger partial charge in [-0.25, -0.2) is 8.51 Å². The van der Waals surface area contributed by atoms with E-state index in [1.807, 2.05) is 38.1 Å². The van der Waals surface area contributed by atoms with Gasteiger partial charge in [-0.3, -0.25) is 5.41 Å². The van der Waals surface area contributed by atoms with Crippen LogP contribution in [-0.4, -0.2) is 49.6 Å². The lowest BCUT2D eigenvalue weighted by Gasteiger charge is -2.44. The second kappa shape index (κ2) is 8.47. The van der Waals surface area contributed by atoms with Gasteiger partial charge in [-0.15, -0.1) is 0 Å². The molecule has 0 radical (unpaired) electrons. The summed E-state index contributed by atoms with van der Waals surface area (Å²) in [6.07, 6.45) is 4.67. The molecule has 0 spiro atoms. The van der Waals surface area contributed by atoms with Crippen LogP contribution in [0.15, 0.2) is 22.3 Å². The lowest BCUT2D eigenvalue weighted by Crippen LogP contribution is -2.54. The first-order valence-electron chi connectivity index (χ1n) is 9.23. The molecule has 144 valence electrons. The van der Waals surface area contributed by atoms with Crippen molar-refractivity contribution in [1.29, 1.82) is 10.7 Å². The number of rotatable bonds is 6. The van der Waals surface area contributed by atoms with Crippen LogP contribution in [0.5, 0.6) is 0 Å². The summed E-state index contributed by atoms with van der Waals surface area (Å²) in [5.74, 6) is 0.0104. The molecule has 2 unspecified atom stereocenters.